The maximum Gasteiger partial charge on any atom is 0.416 e. The van der Waals surface area contributed by atoms with Crippen LogP contribution in [0.15, 0.2) is 77.7 Å². The molecule has 5 rings (SSSR count). The number of ether oxygens (including phenoxy) is 1. The third-order valence-corrected chi connectivity index (χ3v) is 7.11. The molecule has 11 heteroatoms. The number of alkyl halides is 3. The van der Waals surface area contributed by atoms with Crippen LogP contribution in [0.4, 0.5) is 19.1 Å². The van der Waals surface area contributed by atoms with E-state index >= 15 is 0 Å². The monoisotopic (exact) mass is 536 g/mol. The number of halogens is 3. The highest BCUT2D eigenvalue weighted by Gasteiger charge is 2.33. The van der Waals surface area contributed by atoms with Gasteiger partial charge in [-0.3, -0.25) is 4.57 Å². The van der Waals surface area contributed by atoms with Crippen molar-refractivity contribution in [3.63, 3.8) is 0 Å². The minimum Gasteiger partial charge on any atom is -0.378 e. The Balaban J connectivity index is 1.62. The smallest absolute Gasteiger partial charge is 0.378 e. The van der Waals surface area contributed by atoms with Gasteiger partial charge in [-0.25, -0.2) is 0 Å². The number of benzene rings is 2. The second-order valence-electron chi connectivity index (χ2n) is 8.48. The van der Waals surface area contributed by atoms with Gasteiger partial charge in [0.1, 0.15) is 16.7 Å². The first-order valence-corrected chi connectivity index (χ1v) is 12.7. The maximum absolute atomic E-state index is 13.4. The van der Waals surface area contributed by atoms with Crippen molar-refractivity contribution in [3.8, 4) is 11.8 Å². The minimum absolute atomic E-state index is 0.255. The van der Waals surface area contributed by atoms with Crippen LogP contribution in [0, 0.1) is 11.3 Å². The first kappa shape index (κ1) is 25.6. The lowest BCUT2D eigenvalue weighted by Crippen LogP contribution is -2.38. The van der Waals surface area contributed by atoms with Crippen molar-refractivity contribution >= 4 is 29.0 Å². The summed E-state index contributed by atoms with van der Waals surface area (Å²) in [5, 5.41) is 21.5. The first-order valence-electron chi connectivity index (χ1n) is 11.8. The Bertz CT molecular complexity index is 1430. The predicted octanol–water partition coefficient (Wildman–Crippen LogP) is 5.55. The molecule has 2 aromatic carbocycles. The Labute approximate surface area is 222 Å². The number of morpholine rings is 1. The third-order valence-electron chi connectivity index (χ3n) is 6.12. The van der Waals surface area contributed by atoms with E-state index in [2.05, 4.69) is 27.7 Å². The van der Waals surface area contributed by atoms with E-state index in [1.54, 1.807) is 22.5 Å². The summed E-state index contributed by atoms with van der Waals surface area (Å²) in [6, 6.07) is 16.9. The fraction of sp³-hybridized carbons (Fsp3) is 0.222. The molecule has 0 bridgehead atoms. The molecule has 0 radical (unpaired) electrons. The van der Waals surface area contributed by atoms with Gasteiger partial charge in [-0.2, -0.15) is 18.4 Å². The highest BCUT2D eigenvalue weighted by atomic mass is 32.2. The molecular weight excluding hydrogens is 513 g/mol. The molecule has 3 aromatic rings. The van der Waals surface area contributed by atoms with Gasteiger partial charge in [-0.15, -0.1) is 16.8 Å². The Kier molecular flexibility index (Phi) is 7.26. The average Bonchev–Trinajstić information content (AvgIpc) is 3.55. The lowest BCUT2D eigenvalue weighted by atomic mass is 10.1. The van der Waals surface area contributed by atoms with Crippen molar-refractivity contribution in [2.75, 3.05) is 37.7 Å². The number of allylic oxidation sites excluding steroid dienone is 1. The van der Waals surface area contributed by atoms with Crippen molar-refractivity contribution < 1.29 is 17.9 Å². The van der Waals surface area contributed by atoms with E-state index in [9.17, 15) is 18.4 Å². The number of hydrogen-bond donors (Lipinski definition) is 0. The van der Waals surface area contributed by atoms with Gasteiger partial charge in [0.25, 0.3) is 0 Å². The number of nitriles is 1. The van der Waals surface area contributed by atoms with Crippen molar-refractivity contribution in [2.24, 2.45) is 0 Å². The van der Waals surface area contributed by atoms with Gasteiger partial charge in [0, 0.05) is 25.0 Å². The molecule has 2 aliphatic rings. The van der Waals surface area contributed by atoms with E-state index in [0.717, 1.165) is 17.8 Å². The molecule has 3 heterocycles. The molecule has 1 aromatic heterocycles. The fourth-order valence-corrected chi connectivity index (χ4v) is 5.39. The number of thioether (sulfide) groups is 1. The van der Waals surface area contributed by atoms with Crippen LogP contribution in [0.3, 0.4) is 0 Å². The quantitative estimate of drug-likeness (QED) is 0.302. The van der Waals surface area contributed by atoms with Crippen LogP contribution < -0.4 is 4.90 Å². The van der Waals surface area contributed by atoms with Crippen LogP contribution in [0.25, 0.3) is 17.0 Å². The normalized spacial score (nSPS) is 17.3. The molecule has 38 heavy (non-hydrogen) atoms. The molecular formula is C27H23F3N6OS. The van der Waals surface area contributed by atoms with E-state index in [1.807, 2.05) is 34.9 Å². The number of aromatic nitrogens is 3. The largest absolute Gasteiger partial charge is 0.416 e. The van der Waals surface area contributed by atoms with Crippen LogP contribution in [-0.2, 0) is 10.9 Å². The third kappa shape index (κ3) is 4.92. The van der Waals surface area contributed by atoms with E-state index in [-0.39, 0.29) is 12.1 Å². The second kappa shape index (κ2) is 10.8. The van der Waals surface area contributed by atoms with Crippen LogP contribution in [0.1, 0.15) is 17.0 Å². The fourth-order valence-electron chi connectivity index (χ4n) is 4.35. The van der Waals surface area contributed by atoms with E-state index < -0.39 is 11.7 Å². The molecule has 0 amide bonds. The molecule has 2 aliphatic heterocycles. The number of hydrogen-bond acceptors (Lipinski definition) is 7. The Morgan fingerprint density at radius 1 is 1.11 bits per heavy atom. The molecule has 7 nitrogen and oxygen atoms in total. The summed E-state index contributed by atoms with van der Waals surface area (Å²) in [7, 11) is 0. The molecule has 1 saturated heterocycles. The number of rotatable bonds is 6. The highest BCUT2D eigenvalue weighted by molar-refractivity contribution is 8.06. The minimum atomic E-state index is -4.47. The van der Waals surface area contributed by atoms with Crippen molar-refractivity contribution in [2.45, 2.75) is 6.18 Å². The lowest BCUT2D eigenvalue weighted by molar-refractivity contribution is -0.137. The van der Waals surface area contributed by atoms with Crippen LogP contribution in [-0.4, -0.2) is 52.5 Å². The van der Waals surface area contributed by atoms with Crippen LogP contribution in [0.5, 0.6) is 0 Å². The van der Waals surface area contributed by atoms with Gasteiger partial charge < -0.3 is 14.5 Å². The zero-order chi connectivity index (χ0) is 26.7. The standard InChI is InChI=1S/C27H23F3N6OS/c1-2-11-35-23(19-7-6-8-20(16-19)27(28,29)30)18-38-25(35)22(17-31)24-32-33-26(34-12-14-37-15-13-34)36(24)21-9-4-3-5-10-21/h2-10,16,18H,1,11-15H2. The first-order chi connectivity index (χ1) is 18.4. The summed E-state index contributed by atoms with van der Waals surface area (Å²) < 4.78 is 47.5. The molecule has 0 aliphatic carbocycles. The topological polar surface area (TPSA) is 70.2 Å². The number of anilines is 1. The molecule has 0 atom stereocenters. The zero-order valence-corrected chi connectivity index (χ0v) is 21.0. The zero-order valence-electron chi connectivity index (χ0n) is 20.2. The molecule has 0 N–H and O–H groups in total. The summed E-state index contributed by atoms with van der Waals surface area (Å²) in [5.41, 5.74) is 1.23. The van der Waals surface area contributed by atoms with Gasteiger partial charge in [0.05, 0.1) is 30.2 Å². The molecule has 0 unspecified atom stereocenters. The summed E-state index contributed by atoms with van der Waals surface area (Å²) in [6.07, 6.45) is -2.83. The van der Waals surface area contributed by atoms with Gasteiger partial charge in [-0.05, 0) is 29.8 Å². The molecule has 194 valence electrons. The summed E-state index contributed by atoms with van der Waals surface area (Å²) in [4.78, 5) is 3.84. The number of nitrogens with zero attached hydrogens (tertiary/aromatic N) is 6. The van der Waals surface area contributed by atoms with Crippen molar-refractivity contribution in [1.82, 2.24) is 19.7 Å². The maximum atomic E-state index is 13.4. The lowest BCUT2D eigenvalue weighted by Gasteiger charge is -2.28. The summed E-state index contributed by atoms with van der Waals surface area (Å²) in [6.45, 7) is 6.46. The molecule has 0 saturated carbocycles. The van der Waals surface area contributed by atoms with E-state index in [1.165, 1.54) is 17.8 Å². The second-order valence-corrected chi connectivity index (χ2v) is 9.34. The van der Waals surface area contributed by atoms with Gasteiger partial charge in [-0.1, -0.05) is 48.2 Å². The Morgan fingerprint density at radius 2 is 1.87 bits per heavy atom. The van der Waals surface area contributed by atoms with Crippen LogP contribution >= 0.6 is 11.8 Å². The molecule has 1 fully saturated rings. The summed E-state index contributed by atoms with van der Waals surface area (Å²) in [5.74, 6) is 0.933. The Morgan fingerprint density at radius 3 is 2.55 bits per heavy atom. The highest BCUT2D eigenvalue weighted by Crippen LogP contribution is 2.44. The van der Waals surface area contributed by atoms with Gasteiger partial charge in [0.15, 0.2) is 5.82 Å². The average molecular weight is 537 g/mol. The van der Waals surface area contributed by atoms with Crippen molar-refractivity contribution in [1.29, 1.82) is 5.26 Å². The Hall–Kier alpha value is -4.01. The predicted molar refractivity (Wildman–Crippen MR) is 141 cm³/mol. The van der Waals surface area contributed by atoms with Gasteiger partial charge in [0.2, 0.25) is 5.95 Å². The SMILES string of the molecule is C=CCN1C(c2cccc(C(F)(F)F)c2)=CSC1=C(C#N)c1nnc(N2CCOCC2)n1-c1ccccc1. The van der Waals surface area contributed by atoms with Gasteiger partial charge >= 0.3 is 6.18 Å². The molecule has 0 spiro atoms. The van der Waals surface area contributed by atoms with E-state index in [4.69, 9.17) is 4.74 Å². The van der Waals surface area contributed by atoms with E-state index in [0.29, 0.717) is 54.4 Å². The van der Waals surface area contributed by atoms with Crippen molar-refractivity contribution in [3.05, 3.63) is 94.6 Å². The number of para-hydroxylation sites is 1. The van der Waals surface area contributed by atoms with Crippen LogP contribution in [0.2, 0.25) is 0 Å². The summed E-state index contributed by atoms with van der Waals surface area (Å²) >= 11 is 1.26.